The molecule has 0 spiro atoms. The number of amides is 1. The summed E-state index contributed by atoms with van der Waals surface area (Å²) in [5, 5.41) is 5.41. The standard InChI is InChI=1S/C21H22Cl2N2O/c1-13(2)11-25-21(26)10-17(14-3-5-15(22)6-4-14)19-12-24-20-8-7-16(23)9-18(19)20/h3-9,12-13,17,24H,10-11H2,1-2H3,(H,25,26)/t17-/m0/s1. The van der Waals surface area contributed by atoms with Gasteiger partial charge >= 0.3 is 0 Å². The molecule has 2 aromatic carbocycles. The van der Waals surface area contributed by atoms with Crippen LogP contribution in [0.3, 0.4) is 0 Å². The summed E-state index contributed by atoms with van der Waals surface area (Å²) in [4.78, 5) is 15.8. The zero-order chi connectivity index (χ0) is 18.7. The van der Waals surface area contributed by atoms with E-state index in [0.717, 1.165) is 22.0 Å². The van der Waals surface area contributed by atoms with Crippen molar-refractivity contribution in [2.75, 3.05) is 6.54 Å². The summed E-state index contributed by atoms with van der Waals surface area (Å²) < 4.78 is 0. The molecule has 0 fully saturated rings. The van der Waals surface area contributed by atoms with Crippen LogP contribution >= 0.6 is 23.2 Å². The average Bonchev–Trinajstić information content (AvgIpc) is 3.01. The van der Waals surface area contributed by atoms with Gasteiger partial charge in [0.2, 0.25) is 5.91 Å². The Morgan fingerprint density at radius 3 is 2.46 bits per heavy atom. The summed E-state index contributed by atoms with van der Waals surface area (Å²) in [7, 11) is 0. The van der Waals surface area contributed by atoms with E-state index in [1.807, 2.05) is 48.7 Å². The largest absolute Gasteiger partial charge is 0.361 e. The first-order valence-corrected chi connectivity index (χ1v) is 9.48. The fourth-order valence-corrected chi connectivity index (χ4v) is 3.38. The van der Waals surface area contributed by atoms with Crippen LogP contribution in [0.15, 0.2) is 48.7 Å². The van der Waals surface area contributed by atoms with E-state index in [2.05, 4.69) is 24.1 Å². The minimum absolute atomic E-state index is 0.0371. The van der Waals surface area contributed by atoms with Gasteiger partial charge in [0.15, 0.2) is 0 Å². The Bertz CT molecular complexity index is 900. The molecule has 0 bridgehead atoms. The Kier molecular flexibility index (Phi) is 5.90. The van der Waals surface area contributed by atoms with Crippen molar-refractivity contribution in [2.24, 2.45) is 5.92 Å². The average molecular weight is 389 g/mol. The number of carbonyl (C=O) groups is 1. The molecule has 0 aliphatic carbocycles. The highest BCUT2D eigenvalue weighted by atomic mass is 35.5. The number of hydrogen-bond donors (Lipinski definition) is 2. The van der Waals surface area contributed by atoms with Crippen molar-refractivity contribution in [3.63, 3.8) is 0 Å². The third-order valence-corrected chi connectivity index (χ3v) is 4.91. The highest BCUT2D eigenvalue weighted by Crippen LogP contribution is 2.35. The monoisotopic (exact) mass is 388 g/mol. The number of benzene rings is 2. The number of aromatic nitrogens is 1. The van der Waals surface area contributed by atoms with Gasteiger partial charge in [-0.05, 0) is 47.4 Å². The van der Waals surface area contributed by atoms with Gasteiger partial charge in [-0.25, -0.2) is 0 Å². The van der Waals surface area contributed by atoms with Crippen LogP contribution in [-0.2, 0) is 4.79 Å². The van der Waals surface area contributed by atoms with Gasteiger partial charge in [-0.2, -0.15) is 0 Å². The molecule has 1 heterocycles. The number of nitrogens with one attached hydrogen (secondary N) is 2. The summed E-state index contributed by atoms with van der Waals surface area (Å²) in [5.41, 5.74) is 3.12. The van der Waals surface area contributed by atoms with Gasteiger partial charge in [-0.3, -0.25) is 4.79 Å². The fraction of sp³-hybridized carbons (Fsp3) is 0.286. The van der Waals surface area contributed by atoms with Crippen molar-refractivity contribution in [3.8, 4) is 0 Å². The number of H-pyrrole nitrogens is 1. The summed E-state index contributed by atoms with van der Waals surface area (Å²) >= 11 is 12.2. The third kappa shape index (κ3) is 4.40. The van der Waals surface area contributed by atoms with Gasteiger partial charge in [-0.15, -0.1) is 0 Å². The Morgan fingerprint density at radius 2 is 1.77 bits per heavy atom. The molecule has 1 atom stereocenters. The lowest BCUT2D eigenvalue weighted by atomic mass is 9.88. The lowest BCUT2D eigenvalue weighted by Crippen LogP contribution is -2.28. The van der Waals surface area contributed by atoms with Crippen molar-refractivity contribution in [2.45, 2.75) is 26.2 Å². The van der Waals surface area contributed by atoms with Crippen LogP contribution in [0.2, 0.25) is 10.0 Å². The number of hydrogen-bond acceptors (Lipinski definition) is 1. The quantitative estimate of drug-likeness (QED) is 0.552. The molecule has 0 saturated carbocycles. The molecule has 0 unspecified atom stereocenters. The van der Waals surface area contributed by atoms with Crippen LogP contribution in [0.5, 0.6) is 0 Å². The number of rotatable bonds is 6. The van der Waals surface area contributed by atoms with E-state index in [-0.39, 0.29) is 11.8 Å². The molecule has 2 N–H and O–H groups in total. The van der Waals surface area contributed by atoms with Gasteiger partial charge in [0.25, 0.3) is 0 Å². The zero-order valence-corrected chi connectivity index (χ0v) is 16.4. The molecule has 0 saturated heterocycles. The van der Waals surface area contributed by atoms with E-state index in [9.17, 15) is 4.79 Å². The second kappa shape index (κ2) is 8.15. The molecule has 1 amide bonds. The van der Waals surface area contributed by atoms with Gasteiger partial charge in [0.1, 0.15) is 0 Å². The first-order chi connectivity index (χ1) is 12.4. The topological polar surface area (TPSA) is 44.9 Å². The number of fused-ring (bicyclic) bond motifs is 1. The zero-order valence-electron chi connectivity index (χ0n) is 14.9. The molecule has 136 valence electrons. The minimum atomic E-state index is -0.0772. The van der Waals surface area contributed by atoms with E-state index in [1.54, 1.807) is 0 Å². The van der Waals surface area contributed by atoms with Crippen molar-refractivity contribution in [1.29, 1.82) is 0 Å². The second-order valence-electron chi connectivity index (χ2n) is 6.94. The van der Waals surface area contributed by atoms with Crippen LogP contribution in [0, 0.1) is 5.92 Å². The van der Waals surface area contributed by atoms with E-state index in [1.165, 1.54) is 0 Å². The predicted molar refractivity (Wildman–Crippen MR) is 109 cm³/mol. The molecule has 5 heteroatoms. The number of halogens is 2. The number of carbonyl (C=O) groups excluding carboxylic acids is 1. The molecular weight excluding hydrogens is 367 g/mol. The van der Waals surface area contributed by atoms with Crippen LogP contribution in [-0.4, -0.2) is 17.4 Å². The smallest absolute Gasteiger partial charge is 0.220 e. The molecule has 0 radical (unpaired) electrons. The van der Waals surface area contributed by atoms with E-state index in [0.29, 0.717) is 28.9 Å². The van der Waals surface area contributed by atoms with Crippen LogP contribution in [0.25, 0.3) is 10.9 Å². The van der Waals surface area contributed by atoms with E-state index < -0.39 is 0 Å². The van der Waals surface area contributed by atoms with E-state index >= 15 is 0 Å². The highest BCUT2D eigenvalue weighted by Gasteiger charge is 2.21. The fourth-order valence-electron chi connectivity index (χ4n) is 3.08. The first kappa shape index (κ1) is 18.8. The first-order valence-electron chi connectivity index (χ1n) is 8.72. The lowest BCUT2D eigenvalue weighted by molar-refractivity contribution is -0.121. The lowest BCUT2D eigenvalue weighted by Gasteiger charge is -2.18. The third-order valence-electron chi connectivity index (χ3n) is 4.42. The van der Waals surface area contributed by atoms with Gasteiger partial charge in [-0.1, -0.05) is 49.2 Å². The Balaban J connectivity index is 1.97. The maximum absolute atomic E-state index is 12.5. The maximum atomic E-state index is 12.5. The molecule has 3 nitrogen and oxygen atoms in total. The van der Waals surface area contributed by atoms with Crippen LogP contribution in [0.4, 0.5) is 0 Å². The second-order valence-corrected chi connectivity index (χ2v) is 7.81. The minimum Gasteiger partial charge on any atom is -0.361 e. The highest BCUT2D eigenvalue weighted by molar-refractivity contribution is 6.31. The number of aromatic amines is 1. The molecule has 3 aromatic rings. The molecule has 3 rings (SSSR count). The molecule has 1 aromatic heterocycles. The summed E-state index contributed by atoms with van der Waals surface area (Å²) in [6, 6.07) is 13.4. The van der Waals surface area contributed by atoms with Crippen molar-refractivity contribution in [1.82, 2.24) is 10.3 Å². The molecule has 0 aliphatic rings. The predicted octanol–water partition coefficient (Wildman–Crippen LogP) is 5.77. The Labute approximate surface area is 163 Å². The maximum Gasteiger partial charge on any atom is 0.220 e. The van der Waals surface area contributed by atoms with Crippen molar-refractivity contribution < 1.29 is 4.79 Å². The van der Waals surface area contributed by atoms with Crippen molar-refractivity contribution in [3.05, 3.63) is 69.8 Å². The summed E-state index contributed by atoms with van der Waals surface area (Å²) in [6.07, 6.45) is 2.34. The van der Waals surface area contributed by atoms with Crippen LogP contribution < -0.4 is 5.32 Å². The van der Waals surface area contributed by atoms with Crippen molar-refractivity contribution >= 4 is 40.0 Å². The summed E-state index contributed by atoms with van der Waals surface area (Å²) in [6.45, 7) is 4.84. The molecule has 26 heavy (non-hydrogen) atoms. The molecule has 0 aliphatic heterocycles. The summed E-state index contributed by atoms with van der Waals surface area (Å²) in [5.74, 6) is 0.376. The Hall–Kier alpha value is -1.97. The van der Waals surface area contributed by atoms with Crippen LogP contribution in [0.1, 0.15) is 37.3 Å². The van der Waals surface area contributed by atoms with E-state index in [4.69, 9.17) is 23.2 Å². The van der Waals surface area contributed by atoms with Gasteiger partial charge in [0.05, 0.1) is 0 Å². The van der Waals surface area contributed by atoms with Gasteiger partial charge in [0, 0.05) is 46.0 Å². The Morgan fingerprint density at radius 1 is 1.08 bits per heavy atom. The SMILES string of the molecule is CC(C)CNC(=O)C[C@@H](c1ccc(Cl)cc1)c1c[nH]c2ccc(Cl)cc12. The molecular formula is C21H22Cl2N2O. The van der Waals surface area contributed by atoms with Gasteiger partial charge < -0.3 is 10.3 Å². The normalized spacial score (nSPS) is 12.5.